The summed E-state index contributed by atoms with van der Waals surface area (Å²) in [5, 5.41) is 3.31. The van der Waals surface area contributed by atoms with Gasteiger partial charge in [-0.15, -0.1) is 0 Å². The second-order valence-corrected chi connectivity index (χ2v) is 4.68. The summed E-state index contributed by atoms with van der Waals surface area (Å²) in [7, 11) is 0. The van der Waals surface area contributed by atoms with Gasteiger partial charge in [0.05, 0.1) is 12.5 Å². The molecule has 0 aliphatic carbocycles. The number of benzene rings is 1. The van der Waals surface area contributed by atoms with Crippen LogP contribution in [0.5, 0.6) is 0 Å². The third-order valence-electron chi connectivity index (χ3n) is 3.33. The molecule has 0 atom stereocenters. The number of hydrogen-bond acceptors (Lipinski definition) is 3. The normalized spacial score (nSPS) is 14.9. The van der Waals surface area contributed by atoms with Gasteiger partial charge in [0, 0.05) is 36.4 Å². The van der Waals surface area contributed by atoms with E-state index >= 15 is 0 Å². The van der Waals surface area contributed by atoms with E-state index in [1.807, 2.05) is 35.2 Å². The molecule has 1 saturated heterocycles. The van der Waals surface area contributed by atoms with Crippen LogP contribution in [0.4, 0.5) is 11.4 Å². The minimum absolute atomic E-state index is 0.221. The minimum Gasteiger partial charge on any atom is -0.472 e. The highest BCUT2D eigenvalue weighted by atomic mass is 16.3. The van der Waals surface area contributed by atoms with Gasteiger partial charge in [-0.25, -0.2) is 0 Å². The van der Waals surface area contributed by atoms with Crippen molar-refractivity contribution in [3.05, 3.63) is 48.4 Å². The SMILES string of the molecule is O=C1CCCN1c1ccc(NCc2ccoc2)cc1. The Morgan fingerprint density at radius 2 is 2.05 bits per heavy atom. The van der Waals surface area contributed by atoms with Crippen LogP contribution in [0.15, 0.2) is 47.3 Å². The van der Waals surface area contributed by atoms with Gasteiger partial charge in [-0.3, -0.25) is 4.79 Å². The third kappa shape index (κ3) is 2.62. The van der Waals surface area contributed by atoms with E-state index in [2.05, 4.69) is 5.32 Å². The van der Waals surface area contributed by atoms with E-state index in [0.717, 1.165) is 36.4 Å². The molecule has 0 bridgehead atoms. The third-order valence-corrected chi connectivity index (χ3v) is 3.33. The molecule has 1 aromatic heterocycles. The van der Waals surface area contributed by atoms with Gasteiger partial charge < -0.3 is 14.6 Å². The molecular formula is C15H16N2O2. The van der Waals surface area contributed by atoms with E-state index in [1.165, 1.54) is 0 Å². The van der Waals surface area contributed by atoms with Gasteiger partial charge in [-0.2, -0.15) is 0 Å². The molecule has 0 spiro atoms. The molecule has 0 radical (unpaired) electrons. The molecule has 1 amide bonds. The van der Waals surface area contributed by atoms with Gasteiger partial charge in [-0.1, -0.05) is 0 Å². The second kappa shape index (κ2) is 5.18. The summed E-state index contributed by atoms with van der Waals surface area (Å²) in [6.07, 6.45) is 5.02. The number of anilines is 2. The van der Waals surface area contributed by atoms with Gasteiger partial charge >= 0.3 is 0 Å². The Balaban J connectivity index is 1.64. The quantitative estimate of drug-likeness (QED) is 0.914. The molecule has 4 heteroatoms. The fourth-order valence-electron chi connectivity index (χ4n) is 2.28. The smallest absolute Gasteiger partial charge is 0.227 e. The van der Waals surface area contributed by atoms with Crippen LogP contribution >= 0.6 is 0 Å². The summed E-state index contributed by atoms with van der Waals surface area (Å²) in [5.74, 6) is 0.221. The van der Waals surface area contributed by atoms with Crippen LogP contribution in [-0.2, 0) is 11.3 Å². The first-order chi connectivity index (χ1) is 9.33. The average molecular weight is 256 g/mol. The molecule has 1 fully saturated rings. The van der Waals surface area contributed by atoms with E-state index in [9.17, 15) is 4.79 Å². The van der Waals surface area contributed by atoms with Gasteiger partial charge in [-0.05, 0) is 36.8 Å². The largest absolute Gasteiger partial charge is 0.472 e. The van der Waals surface area contributed by atoms with Crippen molar-refractivity contribution in [2.75, 3.05) is 16.8 Å². The van der Waals surface area contributed by atoms with Crippen LogP contribution in [0.2, 0.25) is 0 Å². The Morgan fingerprint density at radius 1 is 1.21 bits per heavy atom. The molecule has 3 rings (SSSR count). The van der Waals surface area contributed by atoms with Crippen LogP contribution in [0.3, 0.4) is 0 Å². The molecule has 0 saturated carbocycles. The molecule has 2 heterocycles. The van der Waals surface area contributed by atoms with Crippen LogP contribution in [0.1, 0.15) is 18.4 Å². The van der Waals surface area contributed by atoms with Crippen molar-refractivity contribution in [3.63, 3.8) is 0 Å². The van der Waals surface area contributed by atoms with Crippen LogP contribution in [0.25, 0.3) is 0 Å². The number of nitrogens with one attached hydrogen (secondary N) is 1. The highest BCUT2D eigenvalue weighted by molar-refractivity contribution is 5.95. The lowest BCUT2D eigenvalue weighted by Crippen LogP contribution is -2.23. The summed E-state index contributed by atoms with van der Waals surface area (Å²) in [4.78, 5) is 13.5. The zero-order valence-corrected chi connectivity index (χ0v) is 10.6. The summed E-state index contributed by atoms with van der Waals surface area (Å²) in [5.41, 5.74) is 3.13. The van der Waals surface area contributed by atoms with Gasteiger partial charge in [0.1, 0.15) is 0 Å². The Bertz CT molecular complexity index is 546. The van der Waals surface area contributed by atoms with E-state index in [4.69, 9.17) is 4.42 Å². The first-order valence-electron chi connectivity index (χ1n) is 6.48. The second-order valence-electron chi connectivity index (χ2n) is 4.68. The van der Waals surface area contributed by atoms with E-state index in [-0.39, 0.29) is 5.91 Å². The Kier molecular flexibility index (Phi) is 3.23. The first-order valence-corrected chi connectivity index (χ1v) is 6.48. The van der Waals surface area contributed by atoms with Crippen LogP contribution < -0.4 is 10.2 Å². The highest BCUT2D eigenvalue weighted by Gasteiger charge is 2.21. The minimum atomic E-state index is 0.221. The number of carbonyl (C=O) groups excluding carboxylic acids is 1. The van der Waals surface area contributed by atoms with E-state index < -0.39 is 0 Å². The van der Waals surface area contributed by atoms with Crippen molar-refractivity contribution in [2.45, 2.75) is 19.4 Å². The number of hydrogen-bond donors (Lipinski definition) is 1. The summed E-state index contributed by atoms with van der Waals surface area (Å²) in [6.45, 7) is 1.57. The fourth-order valence-corrected chi connectivity index (χ4v) is 2.28. The Morgan fingerprint density at radius 3 is 2.68 bits per heavy atom. The average Bonchev–Trinajstić information content (AvgIpc) is 3.08. The topological polar surface area (TPSA) is 45.5 Å². The number of amides is 1. The van der Waals surface area contributed by atoms with Crippen LogP contribution in [-0.4, -0.2) is 12.5 Å². The summed E-state index contributed by atoms with van der Waals surface area (Å²) < 4.78 is 5.02. The molecule has 1 aliphatic rings. The molecular weight excluding hydrogens is 240 g/mol. The Labute approximate surface area is 112 Å². The number of furan rings is 1. The molecule has 4 nitrogen and oxygen atoms in total. The maximum absolute atomic E-state index is 11.6. The lowest BCUT2D eigenvalue weighted by Gasteiger charge is -2.16. The monoisotopic (exact) mass is 256 g/mol. The van der Waals surface area contributed by atoms with Crippen molar-refractivity contribution in [2.24, 2.45) is 0 Å². The first kappa shape index (κ1) is 11.8. The zero-order valence-electron chi connectivity index (χ0n) is 10.6. The van der Waals surface area contributed by atoms with E-state index in [1.54, 1.807) is 12.5 Å². The standard InChI is InChI=1S/C15H16N2O2/c18-15-2-1-8-17(15)14-5-3-13(4-6-14)16-10-12-7-9-19-11-12/h3-7,9,11,16H,1-2,8,10H2. The molecule has 19 heavy (non-hydrogen) atoms. The maximum Gasteiger partial charge on any atom is 0.227 e. The van der Waals surface area contributed by atoms with Crippen LogP contribution in [0, 0.1) is 0 Å². The predicted molar refractivity (Wildman–Crippen MR) is 74.1 cm³/mol. The van der Waals surface area contributed by atoms with Crippen molar-refractivity contribution in [1.82, 2.24) is 0 Å². The number of nitrogens with zero attached hydrogens (tertiary/aromatic N) is 1. The van der Waals surface area contributed by atoms with Gasteiger partial charge in [0.2, 0.25) is 5.91 Å². The fraction of sp³-hybridized carbons (Fsp3) is 0.267. The van der Waals surface area contributed by atoms with Crippen molar-refractivity contribution < 1.29 is 9.21 Å². The lowest BCUT2D eigenvalue weighted by atomic mass is 10.2. The number of carbonyl (C=O) groups is 1. The molecule has 1 N–H and O–H groups in total. The highest BCUT2D eigenvalue weighted by Crippen LogP contribution is 2.23. The lowest BCUT2D eigenvalue weighted by molar-refractivity contribution is -0.117. The van der Waals surface area contributed by atoms with Gasteiger partial charge in [0.15, 0.2) is 0 Å². The summed E-state index contributed by atoms with van der Waals surface area (Å²) >= 11 is 0. The van der Waals surface area contributed by atoms with Crippen molar-refractivity contribution >= 4 is 17.3 Å². The molecule has 0 unspecified atom stereocenters. The number of rotatable bonds is 4. The van der Waals surface area contributed by atoms with Crippen molar-refractivity contribution in [1.29, 1.82) is 0 Å². The van der Waals surface area contributed by atoms with E-state index in [0.29, 0.717) is 6.42 Å². The molecule has 2 aromatic rings. The molecule has 98 valence electrons. The van der Waals surface area contributed by atoms with Crippen molar-refractivity contribution in [3.8, 4) is 0 Å². The zero-order chi connectivity index (χ0) is 13.1. The Hall–Kier alpha value is -2.23. The van der Waals surface area contributed by atoms with Gasteiger partial charge in [0.25, 0.3) is 0 Å². The maximum atomic E-state index is 11.6. The molecule has 1 aromatic carbocycles. The predicted octanol–water partition coefficient (Wildman–Crippen LogP) is 3.02. The molecule has 1 aliphatic heterocycles. The summed E-state index contributed by atoms with van der Waals surface area (Å²) in [6, 6.07) is 9.91.